The Morgan fingerprint density at radius 3 is 1.84 bits per heavy atom. The van der Waals surface area contributed by atoms with E-state index in [4.69, 9.17) is 4.74 Å². The minimum Gasteiger partial charge on any atom is -0.469 e. The Balaban J connectivity index is 0.00000256. The minimum absolute atomic E-state index is 0. The summed E-state index contributed by atoms with van der Waals surface area (Å²) >= 11 is 1.53. The number of carbonyl (C=O) groups is 2. The van der Waals surface area contributed by atoms with Crippen molar-refractivity contribution in [1.29, 1.82) is 0 Å². The SMILES string of the molecule is COC(=O)CC(C)(C)CC(=O)c1cc(-c2ccc(C)cc2)c(-c2ccc(C)cc2)s1.O.O. The first-order valence-electron chi connectivity index (χ1n) is 10.1. The van der Waals surface area contributed by atoms with Crippen LogP contribution < -0.4 is 0 Å². The van der Waals surface area contributed by atoms with Gasteiger partial charge in [-0.2, -0.15) is 0 Å². The van der Waals surface area contributed by atoms with E-state index < -0.39 is 5.41 Å². The highest BCUT2D eigenvalue weighted by Gasteiger charge is 2.28. The van der Waals surface area contributed by atoms with E-state index in [0.29, 0.717) is 6.42 Å². The van der Waals surface area contributed by atoms with Crippen molar-refractivity contribution in [3.05, 3.63) is 70.6 Å². The predicted molar refractivity (Wildman–Crippen MR) is 131 cm³/mol. The number of Topliss-reactive ketones (excluding diaryl/α,β-unsaturated/α-hetero) is 1. The van der Waals surface area contributed by atoms with Gasteiger partial charge in [0.2, 0.25) is 0 Å². The first kappa shape index (κ1) is 27.2. The normalized spacial score (nSPS) is 10.7. The first-order chi connectivity index (χ1) is 14.2. The van der Waals surface area contributed by atoms with Gasteiger partial charge in [0.25, 0.3) is 0 Å². The lowest BCUT2D eigenvalue weighted by molar-refractivity contribution is -0.142. The molecule has 6 heteroatoms. The van der Waals surface area contributed by atoms with Crippen molar-refractivity contribution in [2.24, 2.45) is 5.41 Å². The van der Waals surface area contributed by atoms with Crippen LogP contribution in [0.4, 0.5) is 0 Å². The lowest BCUT2D eigenvalue weighted by atomic mass is 9.83. The summed E-state index contributed by atoms with van der Waals surface area (Å²) in [5, 5.41) is 0. The fourth-order valence-electron chi connectivity index (χ4n) is 3.44. The third kappa shape index (κ3) is 6.60. The molecule has 0 unspecified atom stereocenters. The van der Waals surface area contributed by atoms with E-state index in [-0.39, 0.29) is 29.1 Å². The molecule has 0 aliphatic carbocycles. The molecule has 0 amide bonds. The molecule has 3 rings (SSSR count). The summed E-state index contributed by atoms with van der Waals surface area (Å²) in [7, 11) is 1.38. The van der Waals surface area contributed by atoms with Crippen molar-refractivity contribution in [2.75, 3.05) is 7.11 Å². The maximum Gasteiger partial charge on any atom is 0.306 e. The molecule has 3 aromatic rings. The second-order valence-electron chi connectivity index (χ2n) is 8.60. The van der Waals surface area contributed by atoms with Gasteiger partial charge >= 0.3 is 5.97 Å². The lowest BCUT2D eigenvalue weighted by Crippen LogP contribution is -2.21. The van der Waals surface area contributed by atoms with Gasteiger partial charge in [0.1, 0.15) is 0 Å². The molecule has 1 aromatic heterocycles. The maximum absolute atomic E-state index is 13.1. The van der Waals surface area contributed by atoms with Crippen LogP contribution in [0.25, 0.3) is 21.6 Å². The van der Waals surface area contributed by atoms with Crippen molar-refractivity contribution in [1.82, 2.24) is 0 Å². The highest BCUT2D eigenvalue weighted by atomic mass is 32.1. The third-order valence-electron chi connectivity index (χ3n) is 5.17. The topological polar surface area (TPSA) is 106 Å². The highest BCUT2D eigenvalue weighted by molar-refractivity contribution is 7.18. The largest absolute Gasteiger partial charge is 0.469 e. The van der Waals surface area contributed by atoms with Crippen molar-refractivity contribution in [3.63, 3.8) is 0 Å². The highest BCUT2D eigenvalue weighted by Crippen LogP contribution is 2.41. The van der Waals surface area contributed by atoms with E-state index in [1.807, 2.05) is 19.9 Å². The summed E-state index contributed by atoms with van der Waals surface area (Å²) < 4.78 is 4.78. The Hall–Kier alpha value is -2.80. The molecule has 0 radical (unpaired) electrons. The molecule has 0 aliphatic heterocycles. The van der Waals surface area contributed by atoms with E-state index in [0.717, 1.165) is 26.4 Å². The van der Waals surface area contributed by atoms with Gasteiger partial charge in [-0.15, -0.1) is 11.3 Å². The fraction of sp³-hybridized carbons (Fsp3) is 0.308. The smallest absolute Gasteiger partial charge is 0.306 e. The average Bonchev–Trinajstić information content (AvgIpc) is 3.14. The molecule has 172 valence electrons. The summed E-state index contributed by atoms with van der Waals surface area (Å²) in [4.78, 5) is 26.6. The van der Waals surface area contributed by atoms with Crippen LogP contribution in [0, 0.1) is 19.3 Å². The molecule has 1 heterocycles. The average molecular weight is 457 g/mol. The van der Waals surface area contributed by atoms with Gasteiger partial charge in [0.05, 0.1) is 18.4 Å². The number of thiophene rings is 1. The number of esters is 1. The molecular weight excluding hydrogens is 424 g/mol. The predicted octanol–water partition coefficient (Wildman–Crippen LogP) is 5.21. The van der Waals surface area contributed by atoms with Crippen LogP contribution in [0.15, 0.2) is 54.6 Å². The number of ketones is 1. The Morgan fingerprint density at radius 1 is 0.844 bits per heavy atom. The Morgan fingerprint density at radius 2 is 1.34 bits per heavy atom. The van der Waals surface area contributed by atoms with Crippen LogP contribution in [0.2, 0.25) is 0 Å². The molecule has 4 N–H and O–H groups in total. The number of carbonyl (C=O) groups excluding carboxylic acids is 2. The van der Waals surface area contributed by atoms with Crippen molar-refractivity contribution < 1.29 is 25.3 Å². The number of benzene rings is 2. The van der Waals surface area contributed by atoms with Crippen LogP contribution in [0.1, 0.15) is 47.5 Å². The second-order valence-corrected chi connectivity index (χ2v) is 9.65. The molecule has 2 aromatic carbocycles. The summed E-state index contributed by atoms with van der Waals surface area (Å²) in [5.74, 6) is -0.236. The summed E-state index contributed by atoms with van der Waals surface area (Å²) in [6, 6.07) is 18.8. The molecule has 0 fully saturated rings. The van der Waals surface area contributed by atoms with E-state index in [2.05, 4.69) is 62.4 Å². The maximum atomic E-state index is 13.1. The quantitative estimate of drug-likeness (QED) is 0.360. The Labute approximate surface area is 193 Å². The van der Waals surface area contributed by atoms with Gasteiger partial charge in [-0.1, -0.05) is 73.5 Å². The van der Waals surface area contributed by atoms with Crippen molar-refractivity contribution in [3.8, 4) is 21.6 Å². The van der Waals surface area contributed by atoms with Gasteiger partial charge in [0.15, 0.2) is 5.78 Å². The summed E-state index contributed by atoms with van der Waals surface area (Å²) in [6.45, 7) is 7.99. The molecule has 0 bridgehead atoms. The van der Waals surface area contributed by atoms with Crippen LogP contribution >= 0.6 is 11.3 Å². The molecule has 32 heavy (non-hydrogen) atoms. The van der Waals surface area contributed by atoms with Gasteiger partial charge in [-0.05, 0) is 36.5 Å². The zero-order valence-electron chi connectivity index (χ0n) is 19.2. The van der Waals surface area contributed by atoms with E-state index in [9.17, 15) is 9.59 Å². The Bertz CT molecular complexity index is 984. The molecule has 0 saturated heterocycles. The monoisotopic (exact) mass is 456 g/mol. The standard InChI is InChI=1S/C26H28O3S.2H2O/c1-17-6-10-19(11-7-17)21-14-23(22(27)15-26(3,4)16-24(28)29-5)30-25(21)20-12-8-18(2)9-13-20;;/h6-14H,15-16H2,1-5H3;2*1H2. The number of rotatable bonds is 7. The molecule has 0 aliphatic rings. The number of hydrogen-bond acceptors (Lipinski definition) is 4. The second kappa shape index (κ2) is 11.2. The zero-order chi connectivity index (χ0) is 21.9. The number of aryl methyl sites for hydroxylation is 2. The first-order valence-corrected chi connectivity index (χ1v) is 10.9. The fourth-order valence-corrected chi connectivity index (χ4v) is 4.57. The molecule has 0 spiro atoms. The minimum atomic E-state index is -0.456. The van der Waals surface area contributed by atoms with Crippen LogP contribution in [0.5, 0.6) is 0 Å². The molecule has 0 atom stereocenters. The third-order valence-corrected chi connectivity index (χ3v) is 6.40. The van der Waals surface area contributed by atoms with Gasteiger partial charge in [-0.3, -0.25) is 9.59 Å². The molecule has 0 saturated carbocycles. The van der Waals surface area contributed by atoms with E-state index in [1.54, 1.807) is 0 Å². The van der Waals surface area contributed by atoms with Crippen LogP contribution in [-0.4, -0.2) is 29.8 Å². The van der Waals surface area contributed by atoms with E-state index in [1.165, 1.54) is 29.6 Å². The molecule has 5 nitrogen and oxygen atoms in total. The van der Waals surface area contributed by atoms with Crippen LogP contribution in [0.3, 0.4) is 0 Å². The van der Waals surface area contributed by atoms with E-state index >= 15 is 0 Å². The number of methoxy groups -OCH3 is 1. The summed E-state index contributed by atoms with van der Waals surface area (Å²) in [6.07, 6.45) is 0.513. The number of ether oxygens (including phenoxy) is 1. The summed E-state index contributed by atoms with van der Waals surface area (Å²) in [5.41, 5.74) is 5.22. The van der Waals surface area contributed by atoms with Crippen molar-refractivity contribution in [2.45, 2.75) is 40.5 Å². The van der Waals surface area contributed by atoms with Gasteiger partial charge < -0.3 is 15.7 Å². The Kier molecular flexibility index (Phi) is 9.51. The van der Waals surface area contributed by atoms with Gasteiger partial charge in [-0.25, -0.2) is 0 Å². The molecular formula is C26H32O5S. The number of hydrogen-bond donors (Lipinski definition) is 0. The van der Waals surface area contributed by atoms with Crippen LogP contribution in [-0.2, 0) is 9.53 Å². The van der Waals surface area contributed by atoms with Crippen molar-refractivity contribution >= 4 is 23.1 Å². The van der Waals surface area contributed by atoms with Gasteiger partial charge in [0, 0.05) is 16.9 Å². The lowest BCUT2D eigenvalue weighted by Gasteiger charge is -2.21. The zero-order valence-corrected chi connectivity index (χ0v) is 20.1.